The molecular weight excluding hydrogens is 390 g/mol. The summed E-state index contributed by atoms with van der Waals surface area (Å²) < 4.78 is 5.32. The van der Waals surface area contributed by atoms with Crippen LogP contribution in [0, 0.1) is 0 Å². The number of hydrogen-bond donors (Lipinski definition) is 2. The average molecular weight is 422 g/mol. The Morgan fingerprint density at radius 3 is 2.52 bits per heavy atom. The van der Waals surface area contributed by atoms with Crippen LogP contribution in [0.2, 0.25) is 0 Å². The second-order valence-corrected chi connectivity index (χ2v) is 7.91. The van der Waals surface area contributed by atoms with Crippen LogP contribution >= 0.6 is 0 Å². The first kappa shape index (κ1) is 22.5. The number of nitrogens with zero attached hydrogens (tertiary/aromatic N) is 3. The molecule has 1 heterocycles. The maximum absolute atomic E-state index is 13.2. The number of aromatic amines is 1. The van der Waals surface area contributed by atoms with Gasteiger partial charge in [-0.15, -0.1) is 0 Å². The van der Waals surface area contributed by atoms with E-state index in [0.29, 0.717) is 19.5 Å². The smallest absolute Gasteiger partial charge is 0.240 e. The molecule has 0 spiro atoms. The van der Waals surface area contributed by atoms with Gasteiger partial charge >= 0.3 is 0 Å². The predicted octanol–water partition coefficient (Wildman–Crippen LogP) is 2.55. The number of nitrogens with two attached hydrogens (primary N) is 1. The molecule has 164 valence electrons. The van der Waals surface area contributed by atoms with Crippen molar-refractivity contribution in [1.82, 2.24) is 20.0 Å². The van der Waals surface area contributed by atoms with Crippen molar-refractivity contribution in [3.63, 3.8) is 0 Å². The van der Waals surface area contributed by atoms with E-state index in [1.165, 1.54) is 0 Å². The quantitative estimate of drug-likeness (QED) is 0.525. The number of methoxy groups -OCH3 is 1. The Kier molecular flexibility index (Phi) is 7.81. The standard InChI is InChI=1S/C24H31N5O2/c1-28(2)11-12-29(17-19-5-4-6-22(13-19)31-3)24(30)23(25)14-18-7-9-20(10-8-18)21-15-26-27-16-21/h4-10,13,15-16,23H,11-12,14,17,25H2,1-3H3,(H,26,27)/t23-/m1/s1. The van der Waals surface area contributed by atoms with Gasteiger partial charge in [-0.2, -0.15) is 5.10 Å². The highest BCUT2D eigenvalue weighted by Gasteiger charge is 2.22. The normalized spacial score (nSPS) is 12.0. The molecule has 7 heteroatoms. The summed E-state index contributed by atoms with van der Waals surface area (Å²) in [6.07, 6.45) is 4.12. The van der Waals surface area contributed by atoms with Crippen molar-refractivity contribution < 1.29 is 9.53 Å². The van der Waals surface area contributed by atoms with E-state index in [-0.39, 0.29) is 5.91 Å². The largest absolute Gasteiger partial charge is 0.497 e. The van der Waals surface area contributed by atoms with Crippen LogP contribution in [0.4, 0.5) is 0 Å². The van der Waals surface area contributed by atoms with Gasteiger partial charge in [-0.1, -0.05) is 36.4 Å². The average Bonchev–Trinajstić information content (AvgIpc) is 3.31. The molecule has 0 aliphatic heterocycles. The summed E-state index contributed by atoms with van der Waals surface area (Å²) in [6, 6.07) is 15.3. The molecular formula is C24H31N5O2. The van der Waals surface area contributed by atoms with Crippen molar-refractivity contribution in [3.8, 4) is 16.9 Å². The highest BCUT2D eigenvalue weighted by Crippen LogP contribution is 2.19. The fourth-order valence-corrected chi connectivity index (χ4v) is 3.40. The number of hydrogen-bond acceptors (Lipinski definition) is 5. The van der Waals surface area contributed by atoms with Gasteiger partial charge in [0.05, 0.1) is 19.3 Å². The Balaban J connectivity index is 1.68. The van der Waals surface area contributed by atoms with Crippen LogP contribution in [0.3, 0.4) is 0 Å². The Bertz CT molecular complexity index is 954. The van der Waals surface area contributed by atoms with E-state index in [9.17, 15) is 4.79 Å². The third-order valence-corrected chi connectivity index (χ3v) is 5.19. The van der Waals surface area contributed by atoms with E-state index in [0.717, 1.165) is 34.5 Å². The number of aromatic nitrogens is 2. The molecule has 0 saturated carbocycles. The van der Waals surface area contributed by atoms with Crippen molar-refractivity contribution in [1.29, 1.82) is 0 Å². The third kappa shape index (κ3) is 6.41. The Morgan fingerprint density at radius 1 is 1.10 bits per heavy atom. The molecule has 0 radical (unpaired) electrons. The highest BCUT2D eigenvalue weighted by atomic mass is 16.5. The molecule has 3 N–H and O–H groups in total. The van der Waals surface area contributed by atoms with E-state index < -0.39 is 6.04 Å². The fourth-order valence-electron chi connectivity index (χ4n) is 3.40. The SMILES string of the molecule is COc1cccc(CN(CCN(C)C)C(=O)[C@H](N)Cc2ccc(-c3cn[nH]c3)cc2)c1. The first-order chi connectivity index (χ1) is 15.0. The monoisotopic (exact) mass is 421 g/mol. The molecule has 1 amide bonds. The maximum Gasteiger partial charge on any atom is 0.240 e. The lowest BCUT2D eigenvalue weighted by molar-refractivity contribution is -0.133. The van der Waals surface area contributed by atoms with Gasteiger partial charge in [0.2, 0.25) is 5.91 Å². The van der Waals surface area contributed by atoms with Crippen LogP contribution in [0.5, 0.6) is 5.75 Å². The van der Waals surface area contributed by atoms with Gasteiger partial charge in [0.15, 0.2) is 0 Å². The van der Waals surface area contributed by atoms with Crippen molar-refractivity contribution in [3.05, 3.63) is 72.1 Å². The van der Waals surface area contributed by atoms with E-state index in [1.54, 1.807) is 13.3 Å². The number of amides is 1. The number of nitrogens with one attached hydrogen (secondary N) is 1. The third-order valence-electron chi connectivity index (χ3n) is 5.19. The van der Waals surface area contributed by atoms with Crippen LogP contribution in [0.15, 0.2) is 60.9 Å². The van der Waals surface area contributed by atoms with Crippen LogP contribution in [0.1, 0.15) is 11.1 Å². The zero-order valence-corrected chi connectivity index (χ0v) is 18.4. The lowest BCUT2D eigenvalue weighted by atomic mass is 10.0. The predicted molar refractivity (Wildman–Crippen MR) is 123 cm³/mol. The second-order valence-electron chi connectivity index (χ2n) is 7.91. The molecule has 0 saturated heterocycles. The molecule has 0 unspecified atom stereocenters. The Morgan fingerprint density at radius 2 is 1.87 bits per heavy atom. The summed E-state index contributed by atoms with van der Waals surface area (Å²) in [5, 5.41) is 6.80. The van der Waals surface area contributed by atoms with Crippen molar-refractivity contribution in [2.24, 2.45) is 5.73 Å². The first-order valence-corrected chi connectivity index (χ1v) is 10.4. The zero-order valence-electron chi connectivity index (χ0n) is 18.4. The summed E-state index contributed by atoms with van der Waals surface area (Å²) >= 11 is 0. The van der Waals surface area contributed by atoms with Crippen molar-refractivity contribution in [2.45, 2.75) is 19.0 Å². The van der Waals surface area contributed by atoms with Crippen molar-refractivity contribution >= 4 is 5.91 Å². The minimum Gasteiger partial charge on any atom is -0.497 e. The first-order valence-electron chi connectivity index (χ1n) is 10.4. The van der Waals surface area contributed by atoms with Crippen LogP contribution in [0.25, 0.3) is 11.1 Å². The van der Waals surface area contributed by atoms with Gasteiger partial charge in [-0.05, 0) is 49.3 Å². The number of rotatable bonds is 10. The van der Waals surface area contributed by atoms with Gasteiger partial charge < -0.3 is 20.3 Å². The van der Waals surface area contributed by atoms with Gasteiger partial charge in [-0.25, -0.2) is 0 Å². The highest BCUT2D eigenvalue weighted by molar-refractivity contribution is 5.82. The molecule has 0 aliphatic rings. The van der Waals surface area contributed by atoms with Crippen LogP contribution in [-0.4, -0.2) is 66.2 Å². The molecule has 7 nitrogen and oxygen atoms in total. The molecule has 31 heavy (non-hydrogen) atoms. The summed E-state index contributed by atoms with van der Waals surface area (Å²) in [5.74, 6) is 0.725. The van der Waals surface area contributed by atoms with Gasteiger partial charge in [0.1, 0.15) is 5.75 Å². The molecule has 2 aromatic carbocycles. The summed E-state index contributed by atoms with van der Waals surface area (Å²) in [5.41, 5.74) is 10.5. The summed E-state index contributed by atoms with van der Waals surface area (Å²) in [6.45, 7) is 1.87. The number of ether oxygens (including phenoxy) is 1. The molecule has 0 aliphatic carbocycles. The van der Waals surface area contributed by atoms with E-state index in [2.05, 4.69) is 15.1 Å². The second kappa shape index (κ2) is 10.7. The van der Waals surface area contributed by atoms with E-state index in [1.807, 2.05) is 73.7 Å². The number of carbonyl (C=O) groups excluding carboxylic acids is 1. The molecule has 0 bridgehead atoms. The lowest BCUT2D eigenvalue weighted by Crippen LogP contribution is -2.46. The van der Waals surface area contributed by atoms with Crippen LogP contribution in [-0.2, 0) is 17.8 Å². The van der Waals surface area contributed by atoms with Gasteiger partial charge in [0.25, 0.3) is 0 Å². The van der Waals surface area contributed by atoms with Gasteiger partial charge in [0, 0.05) is 31.4 Å². The topological polar surface area (TPSA) is 87.5 Å². The summed E-state index contributed by atoms with van der Waals surface area (Å²) in [7, 11) is 5.63. The van der Waals surface area contributed by atoms with E-state index in [4.69, 9.17) is 10.5 Å². The van der Waals surface area contributed by atoms with Crippen molar-refractivity contribution in [2.75, 3.05) is 34.3 Å². The number of likely N-dealkylation sites (N-methyl/N-ethyl adjacent to an activating group) is 1. The molecule has 3 aromatic rings. The van der Waals surface area contributed by atoms with Gasteiger partial charge in [-0.3, -0.25) is 9.89 Å². The molecule has 1 atom stereocenters. The Hall–Kier alpha value is -3.16. The molecule has 3 rings (SSSR count). The zero-order chi connectivity index (χ0) is 22.2. The number of carbonyl (C=O) groups is 1. The Labute approximate surface area is 183 Å². The van der Waals surface area contributed by atoms with Crippen LogP contribution < -0.4 is 10.5 Å². The fraction of sp³-hybridized carbons (Fsp3) is 0.333. The molecule has 1 aromatic heterocycles. The number of H-pyrrole nitrogens is 1. The maximum atomic E-state index is 13.2. The lowest BCUT2D eigenvalue weighted by Gasteiger charge is -2.27. The minimum absolute atomic E-state index is 0.0522. The molecule has 0 fully saturated rings. The van der Waals surface area contributed by atoms with E-state index >= 15 is 0 Å². The minimum atomic E-state index is -0.604. The summed E-state index contributed by atoms with van der Waals surface area (Å²) in [4.78, 5) is 17.1. The number of benzene rings is 2.